The van der Waals surface area contributed by atoms with Gasteiger partial charge in [-0.15, -0.1) is 0 Å². The van der Waals surface area contributed by atoms with Gasteiger partial charge in [-0.25, -0.2) is 17.9 Å². The van der Waals surface area contributed by atoms with E-state index < -0.39 is 16.0 Å². The van der Waals surface area contributed by atoms with Crippen molar-refractivity contribution in [2.24, 2.45) is 0 Å². The first-order valence-electron chi connectivity index (χ1n) is 6.54. The predicted octanol–water partition coefficient (Wildman–Crippen LogP) is 1.89. The second-order valence-electron chi connectivity index (χ2n) is 4.77. The average molecular weight is 334 g/mol. The van der Waals surface area contributed by atoms with Gasteiger partial charge in [0.1, 0.15) is 4.90 Å². The van der Waals surface area contributed by atoms with Crippen LogP contribution in [0.1, 0.15) is 29.6 Å². The zero-order chi connectivity index (χ0) is 15.5. The molecule has 2 rings (SSSR count). The smallest absolute Gasteiger partial charge is 0.335 e. The molecule has 0 aromatic heterocycles. The molecule has 1 saturated heterocycles. The Morgan fingerprint density at radius 3 is 2.86 bits per heavy atom. The number of carbonyl (C=O) groups is 1. The van der Waals surface area contributed by atoms with E-state index in [9.17, 15) is 13.2 Å². The largest absolute Gasteiger partial charge is 0.478 e. The molecule has 1 heterocycles. The molecule has 8 heteroatoms. The Bertz CT molecular complexity index is 625. The second kappa shape index (κ2) is 6.74. The minimum atomic E-state index is -3.84. The number of benzene rings is 1. The summed E-state index contributed by atoms with van der Waals surface area (Å²) in [5.74, 6) is -1.21. The van der Waals surface area contributed by atoms with Gasteiger partial charge in [0.15, 0.2) is 0 Å². The fraction of sp³-hybridized carbons (Fsp3) is 0.462. The van der Waals surface area contributed by atoms with Gasteiger partial charge >= 0.3 is 5.97 Å². The number of rotatable bonds is 6. The van der Waals surface area contributed by atoms with Crippen LogP contribution in [0.15, 0.2) is 23.1 Å². The van der Waals surface area contributed by atoms with E-state index in [0.717, 1.165) is 18.9 Å². The van der Waals surface area contributed by atoms with Gasteiger partial charge in [0.05, 0.1) is 16.7 Å². The zero-order valence-electron chi connectivity index (χ0n) is 11.2. The van der Waals surface area contributed by atoms with E-state index in [0.29, 0.717) is 13.0 Å². The maximum absolute atomic E-state index is 12.2. The van der Waals surface area contributed by atoms with Crippen molar-refractivity contribution in [3.8, 4) is 0 Å². The molecule has 1 atom stereocenters. The number of halogens is 1. The number of carboxylic acids is 1. The van der Waals surface area contributed by atoms with Gasteiger partial charge in [-0.2, -0.15) is 0 Å². The zero-order valence-corrected chi connectivity index (χ0v) is 12.8. The predicted molar refractivity (Wildman–Crippen MR) is 77.2 cm³/mol. The van der Waals surface area contributed by atoms with E-state index in [-0.39, 0.29) is 28.1 Å². The highest BCUT2D eigenvalue weighted by molar-refractivity contribution is 7.89. The summed E-state index contributed by atoms with van der Waals surface area (Å²) in [5, 5.41) is 8.90. The first-order chi connectivity index (χ1) is 9.90. The van der Waals surface area contributed by atoms with Crippen LogP contribution in [0.2, 0.25) is 5.02 Å². The lowest BCUT2D eigenvalue weighted by atomic mass is 10.2. The Morgan fingerprint density at radius 1 is 1.48 bits per heavy atom. The molecule has 116 valence electrons. The van der Waals surface area contributed by atoms with Gasteiger partial charge in [-0.1, -0.05) is 11.6 Å². The molecule has 0 spiro atoms. The summed E-state index contributed by atoms with van der Waals surface area (Å²) in [7, 11) is -3.84. The van der Waals surface area contributed by atoms with Crippen LogP contribution in [-0.4, -0.2) is 38.7 Å². The van der Waals surface area contributed by atoms with Gasteiger partial charge in [0.2, 0.25) is 10.0 Å². The Labute approximate surface area is 128 Å². The molecule has 0 amide bonds. The first-order valence-corrected chi connectivity index (χ1v) is 8.40. The van der Waals surface area contributed by atoms with Crippen LogP contribution >= 0.6 is 11.6 Å². The number of hydrogen-bond acceptors (Lipinski definition) is 4. The Morgan fingerprint density at radius 2 is 2.24 bits per heavy atom. The van der Waals surface area contributed by atoms with Crippen molar-refractivity contribution < 1.29 is 23.1 Å². The van der Waals surface area contributed by atoms with Crippen LogP contribution < -0.4 is 4.72 Å². The molecule has 1 aromatic rings. The lowest BCUT2D eigenvalue weighted by molar-refractivity contribution is 0.0696. The van der Waals surface area contributed by atoms with Crippen LogP contribution in [-0.2, 0) is 14.8 Å². The van der Waals surface area contributed by atoms with Crippen LogP contribution in [0, 0.1) is 0 Å². The quantitative estimate of drug-likeness (QED) is 0.829. The van der Waals surface area contributed by atoms with Gasteiger partial charge < -0.3 is 9.84 Å². The number of ether oxygens (including phenoxy) is 1. The Balaban J connectivity index is 2.07. The molecule has 0 saturated carbocycles. The van der Waals surface area contributed by atoms with Crippen LogP contribution in [0.3, 0.4) is 0 Å². The molecule has 0 aliphatic carbocycles. The summed E-state index contributed by atoms with van der Waals surface area (Å²) in [6, 6.07) is 3.58. The number of nitrogens with one attached hydrogen (secondary N) is 1. The molecule has 0 radical (unpaired) electrons. The van der Waals surface area contributed by atoms with E-state index >= 15 is 0 Å². The molecule has 1 unspecified atom stereocenters. The van der Waals surface area contributed by atoms with Crippen molar-refractivity contribution in [2.75, 3.05) is 13.2 Å². The third-order valence-corrected chi connectivity index (χ3v) is 5.19. The van der Waals surface area contributed by atoms with E-state index in [2.05, 4.69) is 4.72 Å². The normalized spacial score (nSPS) is 18.8. The lowest BCUT2D eigenvalue weighted by Gasteiger charge is -2.11. The van der Waals surface area contributed by atoms with E-state index in [1.807, 2.05) is 0 Å². The fourth-order valence-electron chi connectivity index (χ4n) is 2.15. The number of carboxylic acid groups (broad SMARTS) is 1. The molecule has 1 aliphatic heterocycles. The molecular weight excluding hydrogens is 318 g/mol. The van der Waals surface area contributed by atoms with Crippen molar-refractivity contribution in [3.63, 3.8) is 0 Å². The van der Waals surface area contributed by atoms with Crippen molar-refractivity contribution in [1.82, 2.24) is 4.72 Å². The van der Waals surface area contributed by atoms with Crippen molar-refractivity contribution in [2.45, 2.75) is 30.3 Å². The maximum Gasteiger partial charge on any atom is 0.335 e. The molecular formula is C13H16ClNO5S. The van der Waals surface area contributed by atoms with E-state index in [1.165, 1.54) is 12.1 Å². The topological polar surface area (TPSA) is 92.7 Å². The highest BCUT2D eigenvalue weighted by Gasteiger charge is 2.21. The van der Waals surface area contributed by atoms with Crippen molar-refractivity contribution >= 4 is 27.6 Å². The van der Waals surface area contributed by atoms with Crippen LogP contribution in [0.4, 0.5) is 0 Å². The number of aromatic carboxylic acids is 1. The molecule has 6 nitrogen and oxygen atoms in total. The summed E-state index contributed by atoms with van der Waals surface area (Å²) in [4.78, 5) is 10.7. The van der Waals surface area contributed by atoms with Crippen LogP contribution in [0.5, 0.6) is 0 Å². The number of sulfonamides is 1. The van der Waals surface area contributed by atoms with E-state index in [4.69, 9.17) is 21.4 Å². The Kier molecular flexibility index (Phi) is 5.21. The summed E-state index contributed by atoms with van der Waals surface area (Å²) < 4.78 is 32.2. The highest BCUT2D eigenvalue weighted by atomic mass is 35.5. The minimum Gasteiger partial charge on any atom is -0.478 e. The Hall–Kier alpha value is -1.15. The third kappa shape index (κ3) is 4.16. The summed E-state index contributed by atoms with van der Waals surface area (Å²) >= 11 is 5.85. The molecule has 2 N–H and O–H groups in total. The van der Waals surface area contributed by atoms with Crippen LogP contribution in [0.25, 0.3) is 0 Å². The molecule has 1 aliphatic rings. The lowest BCUT2D eigenvalue weighted by Crippen LogP contribution is -2.27. The molecule has 1 fully saturated rings. The van der Waals surface area contributed by atoms with Crippen molar-refractivity contribution in [1.29, 1.82) is 0 Å². The molecule has 0 bridgehead atoms. The second-order valence-corrected chi connectivity index (χ2v) is 6.91. The average Bonchev–Trinajstić information content (AvgIpc) is 2.91. The first kappa shape index (κ1) is 16.2. The third-order valence-electron chi connectivity index (χ3n) is 3.25. The monoisotopic (exact) mass is 333 g/mol. The summed E-state index contributed by atoms with van der Waals surface area (Å²) in [6.07, 6.45) is 2.57. The summed E-state index contributed by atoms with van der Waals surface area (Å²) in [6.45, 7) is 0.935. The number of hydrogen-bond donors (Lipinski definition) is 2. The maximum atomic E-state index is 12.2. The van der Waals surface area contributed by atoms with Crippen molar-refractivity contribution in [3.05, 3.63) is 28.8 Å². The fourth-order valence-corrected chi connectivity index (χ4v) is 3.72. The van der Waals surface area contributed by atoms with Gasteiger partial charge in [0, 0.05) is 13.2 Å². The minimum absolute atomic E-state index is 0.00961. The highest BCUT2D eigenvalue weighted by Crippen LogP contribution is 2.23. The van der Waals surface area contributed by atoms with Gasteiger partial charge in [0.25, 0.3) is 0 Å². The standard InChI is InChI=1S/C13H16ClNO5S/c14-11-4-3-9(13(16)17)8-12(11)21(18,19)15-6-5-10-2-1-7-20-10/h3-4,8,10,15H,1-2,5-7H2,(H,16,17). The van der Waals surface area contributed by atoms with Gasteiger partial charge in [-0.05, 0) is 37.5 Å². The van der Waals surface area contributed by atoms with E-state index in [1.54, 1.807) is 0 Å². The molecule has 21 heavy (non-hydrogen) atoms. The summed E-state index contributed by atoms with van der Waals surface area (Å²) in [5.41, 5.74) is -0.126. The SMILES string of the molecule is O=C(O)c1ccc(Cl)c(S(=O)(=O)NCCC2CCCO2)c1. The molecule has 1 aromatic carbocycles. The van der Waals surface area contributed by atoms with Gasteiger partial charge in [-0.3, -0.25) is 0 Å².